The Bertz CT molecular complexity index is 610. The lowest BCUT2D eigenvalue weighted by atomic mass is 10.2. The fourth-order valence-corrected chi connectivity index (χ4v) is 3.00. The summed E-state index contributed by atoms with van der Waals surface area (Å²) < 4.78 is 3.70. The molecule has 0 bridgehead atoms. The minimum atomic E-state index is 0.494. The van der Waals surface area contributed by atoms with Crippen molar-refractivity contribution >= 4 is 39.7 Å². The minimum Gasteiger partial charge on any atom is -0.297 e. The molecule has 1 heterocycles. The lowest BCUT2D eigenvalue weighted by Crippen LogP contribution is -1.97. The van der Waals surface area contributed by atoms with Gasteiger partial charge in [0.1, 0.15) is 0 Å². The van der Waals surface area contributed by atoms with Crippen LogP contribution in [0.3, 0.4) is 0 Å². The number of hydrogen-bond acceptors (Lipinski definition) is 2. The van der Waals surface area contributed by atoms with Gasteiger partial charge in [-0.2, -0.15) is 5.10 Å². The van der Waals surface area contributed by atoms with Crippen LogP contribution in [-0.2, 0) is 0 Å². The van der Waals surface area contributed by atoms with Gasteiger partial charge >= 0.3 is 0 Å². The first kappa shape index (κ1) is 11.4. The molecule has 1 fully saturated rings. The van der Waals surface area contributed by atoms with Crippen molar-refractivity contribution < 1.29 is 0 Å². The number of nitrogens with one attached hydrogen (secondary N) is 1. The van der Waals surface area contributed by atoms with Crippen LogP contribution in [0.15, 0.2) is 22.7 Å². The van der Waals surface area contributed by atoms with E-state index in [1.54, 1.807) is 0 Å². The van der Waals surface area contributed by atoms with Crippen molar-refractivity contribution in [1.82, 2.24) is 14.8 Å². The average molecular weight is 331 g/mol. The zero-order valence-electron chi connectivity index (χ0n) is 8.78. The van der Waals surface area contributed by atoms with Gasteiger partial charge in [-0.05, 0) is 43.3 Å². The van der Waals surface area contributed by atoms with E-state index in [1.165, 1.54) is 12.8 Å². The molecular weight excluding hydrogens is 322 g/mol. The fourth-order valence-electron chi connectivity index (χ4n) is 1.86. The van der Waals surface area contributed by atoms with Gasteiger partial charge in [0, 0.05) is 21.1 Å². The van der Waals surface area contributed by atoms with Crippen LogP contribution in [0.25, 0.3) is 11.4 Å². The van der Waals surface area contributed by atoms with Gasteiger partial charge in [-0.3, -0.25) is 9.67 Å². The normalized spacial score (nSPS) is 15.2. The number of aromatic amines is 1. The molecule has 1 N–H and O–H groups in total. The molecule has 0 saturated heterocycles. The summed E-state index contributed by atoms with van der Waals surface area (Å²) in [5, 5.41) is 7.83. The summed E-state index contributed by atoms with van der Waals surface area (Å²) in [6.07, 6.45) is 2.34. The Morgan fingerprint density at radius 3 is 2.82 bits per heavy atom. The summed E-state index contributed by atoms with van der Waals surface area (Å²) in [5.41, 5.74) is 0.976. The van der Waals surface area contributed by atoms with Crippen LogP contribution in [0.1, 0.15) is 18.9 Å². The molecule has 2 aromatic rings. The van der Waals surface area contributed by atoms with E-state index >= 15 is 0 Å². The van der Waals surface area contributed by atoms with Gasteiger partial charge in [-0.15, -0.1) is 0 Å². The van der Waals surface area contributed by atoms with Crippen molar-refractivity contribution in [3.63, 3.8) is 0 Å². The number of rotatable bonds is 2. The van der Waals surface area contributed by atoms with Crippen molar-refractivity contribution in [3.05, 3.63) is 32.5 Å². The average Bonchev–Trinajstić information content (AvgIpc) is 3.01. The highest BCUT2D eigenvalue weighted by atomic mass is 79.9. The van der Waals surface area contributed by atoms with E-state index < -0.39 is 0 Å². The molecule has 3 nitrogen and oxygen atoms in total. The van der Waals surface area contributed by atoms with Crippen LogP contribution < -0.4 is 0 Å². The second kappa shape index (κ2) is 4.23. The van der Waals surface area contributed by atoms with E-state index in [9.17, 15) is 0 Å². The second-order valence-corrected chi connectivity index (χ2v) is 5.85. The van der Waals surface area contributed by atoms with Gasteiger partial charge in [-0.1, -0.05) is 27.5 Å². The molecule has 0 aliphatic heterocycles. The molecule has 1 aromatic carbocycles. The number of hydrogen-bond donors (Lipinski definition) is 1. The minimum absolute atomic E-state index is 0.494. The number of H-pyrrole nitrogens is 1. The lowest BCUT2D eigenvalue weighted by molar-refractivity contribution is 0.735. The van der Waals surface area contributed by atoms with Crippen molar-refractivity contribution in [2.75, 3.05) is 0 Å². The van der Waals surface area contributed by atoms with Crippen LogP contribution in [0.2, 0.25) is 5.02 Å². The number of benzene rings is 1. The van der Waals surface area contributed by atoms with E-state index in [-0.39, 0.29) is 0 Å². The first-order chi connectivity index (χ1) is 8.15. The zero-order chi connectivity index (χ0) is 12.0. The molecule has 0 spiro atoms. The Morgan fingerprint density at radius 2 is 2.18 bits per heavy atom. The van der Waals surface area contributed by atoms with Crippen LogP contribution in [0.4, 0.5) is 0 Å². The van der Waals surface area contributed by atoms with Gasteiger partial charge in [0.25, 0.3) is 0 Å². The zero-order valence-corrected chi connectivity index (χ0v) is 11.9. The first-order valence-electron chi connectivity index (χ1n) is 5.28. The lowest BCUT2D eigenvalue weighted by Gasteiger charge is -2.05. The molecule has 0 radical (unpaired) electrons. The number of aromatic nitrogens is 3. The summed E-state index contributed by atoms with van der Waals surface area (Å²) in [6.45, 7) is 0. The molecule has 0 unspecified atom stereocenters. The smallest absolute Gasteiger partial charge is 0.195 e. The third-order valence-corrected chi connectivity index (χ3v) is 3.70. The molecule has 6 heteroatoms. The third-order valence-electron chi connectivity index (χ3n) is 2.74. The highest BCUT2D eigenvalue weighted by Gasteiger charge is 2.27. The molecule has 0 amide bonds. The summed E-state index contributed by atoms with van der Waals surface area (Å²) in [5.74, 6) is 0.862. The van der Waals surface area contributed by atoms with E-state index in [1.807, 2.05) is 18.2 Å². The maximum atomic E-state index is 6.05. The fraction of sp³-hybridized carbons (Fsp3) is 0.273. The molecule has 3 rings (SSSR count). The second-order valence-electron chi connectivity index (χ2n) is 4.11. The first-order valence-corrected chi connectivity index (χ1v) is 6.86. The van der Waals surface area contributed by atoms with Gasteiger partial charge in [0.15, 0.2) is 10.6 Å². The van der Waals surface area contributed by atoms with Crippen LogP contribution in [-0.4, -0.2) is 14.8 Å². The summed E-state index contributed by atoms with van der Waals surface area (Å²) in [4.78, 5) is 0. The van der Waals surface area contributed by atoms with E-state index in [2.05, 4.69) is 30.7 Å². The molecular formula is C11H9BrClN3S. The summed E-state index contributed by atoms with van der Waals surface area (Å²) in [7, 11) is 0. The summed E-state index contributed by atoms with van der Waals surface area (Å²) in [6, 6.07) is 6.24. The third kappa shape index (κ3) is 2.19. The van der Waals surface area contributed by atoms with Gasteiger partial charge < -0.3 is 0 Å². The van der Waals surface area contributed by atoms with Gasteiger partial charge in [0.2, 0.25) is 0 Å². The molecule has 1 aromatic heterocycles. The Hall–Kier alpha value is -0.650. The van der Waals surface area contributed by atoms with Gasteiger partial charge in [0.05, 0.1) is 0 Å². The highest BCUT2D eigenvalue weighted by molar-refractivity contribution is 9.10. The van der Waals surface area contributed by atoms with Crippen LogP contribution in [0.5, 0.6) is 0 Å². The van der Waals surface area contributed by atoms with E-state index in [0.29, 0.717) is 15.8 Å². The standard InChI is InChI=1S/C11H9BrClN3S/c12-7-3-6(4-8(13)5-7)10-14-15-11(17)16(10)9-1-2-9/h3-5,9H,1-2H2,(H,15,17). The molecule has 1 saturated carbocycles. The Morgan fingerprint density at radius 1 is 1.41 bits per heavy atom. The maximum absolute atomic E-state index is 6.05. The Labute approximate surface area is 117 Å². The number of nitrogens with zero attached hydrogens (tertiary/aromatic N) is 2. The van der Waals surface area contributed by atoms with E-state index in [4.69, 9.17) is 23.8 Å². The van der Waals surface area contributed by atoms with Crippen molar-refractivity contribution in [2.45, 2.75) is 18.9 Å². The SMILES string of the molecule is S=c1[nH]nc(-c2cc(Cl)cc(Br)c2)n1C1CC1. The van der Waals surface area contributed by atoms with E-state index in [0.717, 1.165) is 15.9 Å². The maximum Gasteiger partial charge on any atom is 0.195 e. The predicted molar refractivity (Wildman–Crippen MR) is 73.8 cm³/mol. The predicted octanol–water partition coefficient (Wildman–Crippen LogP) is 4.36. The van der Waals surface area contributed by atoms with Gasteiger partial charge in [-0.25, -0.2) is 0 Å². The molecule has 88 valence electrons. The quantitative estimate of drug-likeness (QED) is 0.830. The number of halogens is 2. The van der Waals surface area contributed by atoms with Crippen LogP contribution in [0, 0.1) is 4.77 Å². The largest absolute Gasteiger partial charge is 0.297 e. The molecule has 0 atom stereocenters. The van der Waals surface area contributed by atoms with Crippen molar-refractivity contribution in [1.29, 1.82) is 0 Å². The van der Waals surface area contributed by atoms with Crippen molar-refractivity contribution in [3.8, 4) is 11.4 Å². The Balaban J connectivity index is 2.17. The summed E-state index contributed by atoms with van der Waals surface area (Å²) >= 11 is 14.7. The monoisotopic (exact) mass is 329 g/mol. The highest BCUT2D eigenvalue weighted by Crippen LogP contribution is 2.38. The molecule has 1 aliphatic rings. The molecule has 1 aliphatic carbocycles. The Kier molecular flexibility index (Phi) is 2.84. The van der Waals surface area contributed by atoms with Crippen LogP contribution >= 0.6 is 39.7 Å². The molecule has 17 heavy (non-hydrogen) atoms. The topological polar surface area (TPSA) is 33.6 Å². The van der Waals surface area contributed by atoms with Crippen molar-refractivity contribution in [2.24, 2.45) is 0 Å².